The smallest absolute Gasteiger partial charge is 0.266 e. The highest BCUT2D eigenvalue weighted by Crippen LogP contribution is 2.43. The van der Waals surface area contributed by atoms with E-state index in [9.17, 15) is 19.2 Å². The minimum absolute atomic E-state index is 0.0676. The van der Waals surface area contributed by atoms with Gasteiger partial charge in [-0.3, -0.25) is 19.2 Å². The van der Waals surface area contributed by atoms with Crippen LogP contribution in [0.4, 0.5) is 11.4 Å². The summed E-state index contributed by atoms with van der Waals surface area (Å²) in [5.41, 5.74) is 11.3. The van der Waals surface area contributed by atoms with Crippen molar-refractivity contribution in [1.29, 1.82) is 0 Å². The van der Waals surface area contributed by atoms with Crippen LogP contribution < -0.4 is 9.80 Å². The second kappa shape index (κ2) is 15.0. The molecule has 0 spiro atoms. The molecule has 350 valence electrons. The molecule has 2 aliphatic heterocycles. The van der Waals surface area contributed by atoms with Gasteiger partial charge in [-0.1, -0.05) is 119 Å². The second-order valence-electron chi connectivity index (χ2n) is 23.4. The summed E-state index contributed by atoms with van der Waals surface area (Å²) in [5, 5.41) is 4.44. The minimum atomic E-state index is -0.533. The van der Waals surface area contributed by atoms with E-state index in [0.29, 0.717) is 0 Å². The van der Waals surface area contributed by atoms with Crippen LogP contribution >= 0.6 is 0 Å². The van der Waals surface area contributed by atoms with Crippen molar-refractivity contribution in [2.24, 2.45) is 0 Å². The third-order valence-corrected chi connectivity index (χ3v) is 14.6. The number of carbonyl (C=O) groups excluding carboxylic acids is 4. The molecular formula is C62H58N4O4. The quantitative estimate of drug-likeness (QED) is 0.165. The maximum atomic E-state index is 14.8. The molecule has 8 nitrogen and oxygen atoms in total. The van der Waals surface area contributed by atoms with Crippen LogP contribution in [0.1, 0.15) is 147 Å². The molecule has 0 saturated carbocycles. The number of imide groups is 2. The highest BCUT2D eigenvalue weighted by atomic mass is 16.2. The van der Waals surface area contributed by atoms with Gasteiger partial charge in [0.2, 0.25) is 0 Å². The van der Waals surface area contributed by atoms with Crippen molar-refractivity contribution in [3.05, 3.63) is 178 Å². The van der Waals surface area contributed by atoms with Crippen LogP contribution in [0.2, 0.25) is 0 Å². The fourth-order valence-electron chi connectivity index (χ4n) is 10.5. The van der Waals surface area contributed by atoms with Gasteiger partial charge in [-0.05, 0) is 141 Å². The lowest BCUT2D eigenvalue weighted by Gasteiger charge is -2.22. The Balaban J connectivity index is 0.975. The number of hydrogen-bond donors (Lipinski definition) is 0. The van der Waals surface area contributed by atoms with Gasteiger partial charge in [-0.25, -0.2) is 9.80 Å². The maximum absolute atomic E-state index is 14.8. The Kier molecular flexibility index (Phi) is 9.60. The Hall–Kier alpha value is -7.58. The summed E-state index contributed by atoms with van der Waals surface area (Å²) in [5.74, 6) is -2.12. The molecule has 0 atom stereocenters. The van der Waals surface area contributed by atoms with Crippen LogP contribution in [0.3, 0.4) is 0 Å². The average molecular weight is 923 g/mol. The van der Waals surface area contributed by atoms with E-state index in [0.717, 1.165) is 64.8 Å². The molecule has 0 N–H and O–H groups in total. The van der Waals surface area contributed by atoms with Gasteiger partial charge < -0.3 is 9.13 Å². The molecule has 70 heavy (non-hydrogen) atoms. The molecule has 2 aliphatic rings. The van der Waals surface area contributed by atoms with Crippen molar-refractivity contribution in [2.75, 3.05) is 9.80 Å². The summed E-state index contributed by atoms with van der Waals surface area (Å²) in [7, 11) is 0. The largest absolute Gasteiger partial charge is 0.309 e. The summed E-state index contributed by atoms with van der Waals surface area (Å²) in [4.78, 5) is 60.7. The standard InChI is InChI=1S/C62H58N4O4/c1-59(2,3)35-17-25-49-43(29-35)44-30-36(60(4,5)6)18-26-50(44)63(49)39-21-23-41-47(33-39)57(69)65(55(41)67)53-15-13-14-16-54(53)66-56(68)42-24-22-40(34-48(42)58(66)70)64-51-27-19-37(61(7,8)9)31-45(51)46-32-38(62(10,11)12)20-28-52(46)64/h13-34H,1-12H3. The average Bonchev–Trinajstić information content (AvgIpc) is 3.97. The number of aromatic nitrogens is 2. The zero-order chi connectivity index (χ0) is 49.7. The van der Waals surface area contributed by atoms with Gasteiger partial charge in [-0.2, -0.15) is 0 Å². The van der Waals surface area contributed by atoms with Gasteiger partial charge in [0.15, 0.2) is 0 Å². The summed E-state index contributed by atoms with van der Waals surface area (Å²) in [6, 6.07) is 43.8. The van der Waals surface area contributed by atoms with E-state index >= 15 is 0 Å². The third kappa shape index (κ3) is 6.78. The van der Waals surface area contributed by atoms with Gasteiger partial charge in [0.1, 0.15) is 0 Å². The molecule has 9 aromatic rings. The lowest BCUT2D eigenvalue weighted by Crippen LogP contribution is -2.35. The van der Waals surface area contributed by atoms with Crippen molar-refractivity contribution in [2.45, 2.75) is 105 Å². The zero-order valence-electron chi connectivity index (χ0n) is 42.1. The zero-order valence-corrected chi connectivity index (χ0v) is 42.1. The third-order valence-electron chi connectivity index (χ3n) is 14.6. The van der Waals surface area contributed by atoms with Crippen LogP contribution in [0.5, 0.6) is 0 Å². The van der Waals surface area contributed by atoms with Gasteiger partial charge in [-0.15, -0.1) is 0 Å². The van der Waals surface area contributed by atoms with E-state index in [1.54, 1.807) is 48.5 Å². The minimum Gasteiger partial charge on any atom is -0.309 e. The summed E-state index contributed by atoms with van der Waals surface area (Å²) < 4.78 is 4.33. The molecule has 0 bridgehead atoms. The molecule has 4 heterocycles. The molecule has 7 aromatic carbocycles. The number of anilines is 2. The molecule has 11 rings (SSSR count). The lowest BCUT2D eigenvalue weighted by molar-refractivity contribution is 0.0904. The number of para-hydroxylation sites is 2. The monoisotopic (exact) mass is 922 g/mol. The topological polar surface area (TPSA) is 84.6 Å². The molecule has 8 heteroatoms. The Morgan fingerprint density at radius 1 is 0.300 bits per heavy atom. The van der Waals surface area contributed by atoms with Crippen molar-refractivity contribution in [3.8, 4) is 11.4 Å². The van der Waals surface area contributed by atoms with Gasteiger partial charge >= 0.3 is 0 Å². The molecule has 0 saturated heterocycles. The SMILES string of the molecule is CC(C)(C)c1ccc2c(c1)c1cc(C(C)(C)C)ccc1n2-c1ccc2c(c1)C(=O)N(c1ccccc1N1C(=O)c3ccc(-n4c5ccc(C(C)(C)C)cc5c5cc(C(C)(C)C)ccc54)cc3C1=O)C2=O. The number of hydrogen-bond acceptors (Lipinski definition) is 4. The lowest BCUT2D eigenvalue weighted by atomic mass is 9.85. The number of carbonyl (C=O) groups is 4. The summed E-state index contributed by atoms with van der Waals surface area (Å²) in [6.07, 6.45) is 0. The van der Waals surface area contributed by atoms with E-state index in [1.807, 2.05) is 12.1 Å². The first-order valence-corrected chi connectivity index (χ1v) is 24.3. The second-order valence-corrected chi connectivity index (χ2v) is 23.4. The number of benzene rings is 7. The number of nitrogens with zero attached hydrogens (tertiary/aromatic N) is 4. The normalized spacial score (nSPS) is 14.6. The van der Waals surface area contributed by atoms with Crippen LogP contribution in [-0.4, -0.2) is 32.8 Å². The van der Waals surface area contributed by atoms with Gasteiger partial charge in [0.05, 0.1) is 55.7 Å². The maximum Gasteiger partial charge on any atom is 0.266 e. The highest BCUT2D eigenvalue weighted by molar-refractivity contribution is 6.39. The van der Waals surface area contributed by atoms with E-state index in [2.05, 4.69) is 165 Å². The van der Waals surface area contributed by atoms with Crippen LogP contribution in [-0.2, 0) is 21.7 Å². The number of fused-ring (bicyclic) bond motifs is 8. The first-order chi connectivity index (χ1) is 32.9. The Morgan fingerprint density at radius 2 is 0.571 bits per heavy atom. The van der Waals surface area contributed by atoms with Crippen LogP contribution in [0.25, 0.3) is 55.0 Å². The fraction of sp³-hybridized carbons (Fsp3) is 0.258. The molecular weight excluding hydrogens is 865 g/mol. The van der Waals surface area contributed by atoms with E-state index in [-0.39, 0.29) is 55.3 Å². The number of amides is 4. The van der Waals surface area contributed by atoms with Crippen molar-refractivity contribution in [3.63, 3.8) is 0 Å². The Bertz CT molecular complexity index is 3410. The van der Waals surface area contributed by atoms with Gasteiger partial charge in [0, 0.05) is 32.9 Å². The van der Waals surface area contributed by atoms with Crippen LogP contribution in [0, 0.1) is 0 Å². The predicted octanol–water partition coefficient (Wildman–Crippen LogP) is 14.7. The fourth-order valence-corrected chi connectivity index (χ4v) is 10.5. The van der Waals surface area contributed by atoms with Crippen LogP contribution in [0.15, 0.2) is 133 Å². The summed E-state index contributed by atoms with van der Waals surface area (Å²) >= 11 is 0. The van der Waals surface area contributed by atoms with Crippen molar-refractivity contribution in [1.82, 2.24) is 9.13 Å². The van der Waals surface area contributed by atoms with Gasteiger partial charge in [0.25, 0.3) is 23.6 Å². The van der Waals surface area contributed by atoms with Crippen molar-refractivity contribution >= 4 is 78.6 Å². The summed E-state index contributed by atoms with van der Waals surface area (Å²) in [6.45, 7) is 26.5. The van der Waals surface area contributed by atoms with E-state index in [4.69, 9.17) is 0 Å². The van der Waals surface area contributed by atoms with E-state index in [1.165, 1.54) is 22.3 Å². The Labute approximate surface area is 409 Å². The number of rotatable bonds is 4. The molecule has 4 amide bonds. The predicted molar refractivity (Wildman–Crippen MR) is 285 cm³/mol. The molecule has 0 unspecified atom stereocenters. The molecule has 0 aliphatic carbocycles. The molecule has 2 aromatic heterocycles. The van der Waals surface area contributed by atoms with E-state index < -0.39 is 23.6 Å². The molecule has 0 fully saturated rings. The molecule has 0 radical (unpaired) electrons. The van der Waals surface area contributed by atoms with Crippen molar-refractivity contribution < 1.29 is 19.2 Å². The first-order valence-electron chi connectivity index (χ1n) is 24.3. The highest BCUT2D eigenvalue weighted by Gasteiger charge is 2.43. The first kappa shape index (κ1) is 44.9. The Morgan fingerprint density at radius 3 is 0.843 bits per heavy atom.